The normalized spacial score (nSPS) is 12.8. The van der Waals surface area contributed by atoms with Crippen LogP contribution in [-0.2, 0) is 9.53 Å². The number of hydrogen-bond acceptors (Lipinski definition) is 8. The van der Waals surface area contributed by atoms with E-state index in [1.807, 2.05) is 24.3 Å². The van der Waals surface area contributed by atoms with Crippen molar-refractivity contribution < 1.29 is 28.3 Å². The zero-order valence-electron chi connectivity index (χ0n) is 18.1. The number of carbonyl (C=O) groups excluding carboxylic acids is 4. The van der Waals surface area contributed by atoms with Crippen LogP contribution in [0.15, 0.2) is 52.9 Å². The van der Waals surface area contributed by atoms with Gasteiger partial charge in [0.15, 0.2) is 0 Å². The Morgan fingerprint density at radius 2 is 1.71 bits per heavy atom. The Morgan fingerprint density at radius 1 is 1.06 bits per heavy atom. The number of carbonyl (C=O) groups is 4. The van der Waals surface area contributed by atoms with Gasteiger partial charge in [-0.15, -0.1) is 11.3 Å². The summed E-state index contributed by atoms with van der Waals surface area (Å²) in [6.07, 6.45) is 0. The van der Waals surface area contributed by atoms with Crippen molar-refractivity contribution in [1.29, 1.82) is 0 Å². The first-order chi connectivity index (χ1) is 16.4. The van der Waals surface area contributed by atoms with Crippen LogP contribution in [0.4, 0.5) is 5.88 Å². The molecular formula is C24H17N3O6S. The van der Waals surface area contributed by atoms with E-state index in [1.54, 1.807) is 19.1 Å². The molecule has 3 amide bonds. The average Bonchev–Trinajstić information content (AvgIpc) is 3.47. The second-order valence-electron chi connectivity index (χ2n) is 7.51. The molecule has 0 spiro atoms. The molecular weight excluding hydrogens is 458 g/mol. The fraction of sp³-hybridized carbons (Fsp3) is 0.125. The third kappa shape index (κ3) is 3.44. The Kier molecular flexibility index (Phi) is 5.21. The fourth-order valence-corrected chi connectivity index (χ4v) is 4.87. The summed E-state index contributed by atoms with van der Waals surface area (Å²) in [6.45, 7) is 1.06. The smallest absolute Gasteiger partial charge is 0.342 e. The van der Waals surface area contributed by atoms with Gasteiger partial charge in [-0.05, 0) is 31.2 Å². The van der Waals surface area contributed by atoms with Gasteiger partial charge < -0.3 is 9.15 Å². The number of ether oxygens (including phenoxy) is 1. The maximum Gasteiger partial charge on any atom is 0.342 e. The minimum Gasteiger partial charge on any atom is -0.465 e. The molecule has 0 unspecified atom stereocenters. The molecule has 2 aromatic heterocycles. The molecule has 0 saturated heterocycles. The highest BCUT2D eigenvalue weighted by Crippen LogP contribution is 2.40. The van der Waals surface area contributed by atoms with E-state index in [9.17, 15) is 19.2 Å². The Bertz CT molecular complexity index is 1430. The van der Waals surface area contributed by atoms with E-state index < -0.39 is 30.2 Å². The standard InChI is InChI=1S/C24H17N3O6S/c1-12-18(24(31)32-2)19(21-25-15-9-5-6-10-16(15)34-21)20(33-12)26-17(28)11-27-22(29)13-7-3-4-8-14(13)23(27)30/h3-10H,11H2,1-2H3,(H,26,28). The first-order valence-corrected chi connectivity index (χ1v) is 11.0. The molecule has 2 aromatic carbocycles. The Labute approximate surface area is 196 Å². The minimum atomic E-state index is -0.665. The second-order valence-corrected chi connectivity index (χ2v) is 8.54. The molecule has 5 rings (SSSR count). The van der Waals surface area contributed by atoms with Crippen molar-refractivity contribution >= 4 is 51.1 Å². The summed E-state index contributed by atoms with van der Waals surface area (Å²) in [6, 6.07) is 13.8. The Hall–Kier alpha value is -4.31. The number of esters is 1. The number of thiazole rings is 1. The lowest BCUT2D eigenvalue weighted by molar-refractivity contribution is -0.116. The second kappa shape index (κ2) is 8.23. The predicted molar refractivity (Wildman–Crippen MR) is 124 cm³/mol. The molecule has 0 radical (unpaired) electrons. The van der Waals surface area contributed by atoms with Crippen molar-refractivity contribution in [3.05, 3.63) is 71.0 Å². The van der Waals surface area contributed by atoms with E-state index in [0.717, 1.165) is 15.1 Å². The van der Waals surface area contributed by atoms with Crippen molar-refractivity contribution in [2.75, 3.05) is 19.0 Å². The number of rotatable bonds is 5. The lowest BCUT2D eigenvalue weighted by Crippen LogP contribution is -2.37. The van der Waals surface area contributed by atoms with Gasteiger partial charge in [0, 0.05) is 0 Å². The van der Waals surface area contributed by atoms with Crippen molar-refractivity contribution in [2.24, 2.45) is 0 Å². The van der Waals surface area contributed by atoms with E-state index in [-0.39, 0.29) is 33.9 Å². The first kappa shape index (κ1) is 21.5. The number of aryl methyl sites for hydroxylation is 1. The van der Waals surface area contributed by atoms with E-state index in [0.29, 0.717) is 5.01 Å². The van der Waals surface area contributed by atoms with Gasteiger partial charge in [0.25, 0.3) is 11.8 Å². The summed E-state index contributed by atoms with van der Waals surface area (Å²) in [4.78, 5) is 56.0. The van der Waals surface area contributed by atoms with Gasteiger partial charge >= 0.3 is 5.97 Å². The van der Waals surface area contributed by atoms with Gasteiger partial charge in [0.1, 0.15) is 22.9 Å². The third-order valence-corrected chi connectivity index (χ3v) is 6.47. The number of hydrogen-bond donors (Lipinski definition) is 1. The van der Waals surface area contributed by atoms with Crippen molar-refractivity contribution in [3.8, 4) is 10.6 Å². The zero-order chi connectivity index (χ0) is 24.0. The lowest BCUT2D eigenvalue weighted by Gasteiger charge is -2.13. The molecule has 1 aliphatic heterocycles. The maximum atomic E-state index is 12.9. The molecule has 3 heterocycles. The average molecular weight is 475 g/mol. The molecule has 0 aliphatic carbocycles. The molecule has 9 nitrogen and oxygen atoms in total. The molecule has 170 valence electrons. The van der Waals surface area contributed by atoms with Crippen molar-refractivity contribution in [2.45, 2.75) is 6.92 Å². The lowest BCUT2D eigenvalue weighted by atomic mass is 10.1. The number of amides is 3. The van der Waals surface area contributed by atoms with E-state index in [1.165, 1.54) is 30.6 Å². The van der Waals surface area contributed by atoms with Crippen LogP contribution in [0, 0.1) is 6.92 Å². The summed E-state index contributed by atoms with van der Waals surface area (Å²) in [7, 11) is 1.25. The van der Waals surface area contributed by atoms with Gasteiger partial charge in [0.2, 0.25) is 11.8 Å². The zero-order valence-corrected chi connectivity index (χ0v) is 18.9. The van der Waals surface area contributed by atoms with E-state index in [2.05, 4.69) is 10.3 Å². The van der Waals surface area contributed by atoms with Crippen LogP contribution in [0.3, 0.4) is 0 Å². The quantitative estimate of drug-likeness (QED) is 0.344. The number of benzene rings is 2. The maximum absolute atomic E-state index is 12.9. The molecule has 0 saturated carbocycles. The van der Waals surface area contributed by atoms with Gasteiger partial charge in [0.05, 0.1) is 34.0 Å². The van der Waals surface area contributed by atoms with E-state index >= 15 is 0 Å². The van der Waals surface area contributed by atoms with Crippen LogP contribution < -0.4 is 5.32 Å². The van der Waals surface area contributed by atoms with Crippen LogP contribution in [-0.4, -0.2) is 47.2 Å². The topological polar surface area (TPSA) is 119 Å². The highest BCUT2D eigenvalue weighted by molar-refractivity contribution is 7.21. The summed E-state index contributed by atoms with van der Waals surface area (Å²) in [5.41, 5.74) is 1.63. The first-order valence-electron chi connectivity index (χ1n) is 10.2. The summed E-state index contributed by atoms with van der Waals surface area (Å²) in [5, 5.41) is 3.05. The minimum absolute atomic E-state index is 0.0152. The number of para-hydroxylation sites is 1. The molecule has 0 atom stereocenters. The Morgan fingerprint density at radius 3 is 2.35 bits per heavy atom. The van der Waals surface area contributed by atoms with Gasteiger partial charge in [-0.2, -0.15) is 0 Å². The molecule has 10 heteroatoms. The number of aromatic nitrogens is 1. The molecule has 1 N–H and O–H groups in total. The SMILES string of the molecule is COC(=O)c1c(C)oc(NC(=O)CN2C(=O)c3ccccc3C2=O)c1-c1nc2ccccc2s1. The molecule has 0 fully saturated rings. The number of methoxy groups -OCH3 is 1. The number of nitrogens with one attached hydrogen (secondary N) is 1. The van der Waals surface area contributed by atoms with Gasteiger partial charge in [-0.25, -0.2) is 9.78 Å². The highest BCUT2D eigenvalue weighted by Gasteiger charge is 2.37. The monoisotopic (exact) mass is 475 g/mol. The van der Waals surface area contributed by atoms with Crippen LogP contribution >= 0.6 is 11.3 Å². The number of fused-ring (bicyclic) bond motifs is 2. The van der Waals surface area contributed by atoms with Crippen LogP contribution in [0.5, 0.6) is 0 Å². The molecule has 34 heavy (non-hydrogen) atoms. The summed E-state index contributed by atoms with van der Waals surface area (Å²) < 4.78 is 11.5. The van der Waals surface area contributed by atoms with Crippen LogP contribution in [0.1, 0.15) is 36.8 Å². The third-order valence-electron chi connectivity index (χ3n) is 5.41. The molecule has 4 aromatic rings. The van der Waals surface area contributed by atoms with Crippen molar-refractivity contribution in [3.63, 3.8) is 0 Å². The number of furan rings is 1. The van der Waals surface area contributed by atoms with Gasteiger partial charge in [-0.3, -0.25) is 24.6 Å². The predicted octanol–water partition coefficient (Wildman–Crippen LogP) is 3.89. The molecule has 1 aliphatic rings. The van der Waals surface area contributed by atoms with Gasteiger partial charge in [-0.1, -0.05) is 24.3 Å². The largest absolute Gasteiger partial charge is 0.465 e. The van der Waals surface area contributed by atoms with E-state index in [4.69, 9.17) is 9.15 Å². The number of imide groups is 1. The highest BCUT2D eigenvalue weighted by atomic mass is 32.1. The Balaban J connectivity index is 1.48. The van der Waals surface area contributed by atoms with Crippen LogP contribution in [0.25, 0.3) is 20.8 Å². The molecule has 0 bridgehead atoms. The summed E-state index contributed by atoms with van der Waals surface area (Å²) >= 11 is 1.32. The van der Waals surface area contributed by atoms with Crippen molar-refractivity contribution in [1.82, 2.24) is 9.88 Å². The van der Waals surface area contributed by atoms with Crippen LogP contribution in [0.2, 0.25) is 0 Å². The summed E-state index contributed by atoms with van der Waals surface area (Å²) in [5.74, 6) is -2.19. The number of nitrogens with zero attached hydrogens (tertiary/aromatic N) is 2. The fourth-order valence-electron chi connectivity index (χ4n) is 3.86. The number of anilines is 1.